The minimum absolute atomic E-state index is 0.0528. The average molecular weight is 187 g/mol. The lowest BCUT2D eigenvalue weighted by atomic mass is 10.1. The molecule has 0 bridgehead atoms. The highest BCUT2D eigenvalue weighted by Gasteiger charge is 2.06. The van der Waals surface area contributed by atoms with Crippen LogP contribution in [0.15, 0.2) is 0 Å². The van der Waals surface area contributed by atoms with Crippen molar-refractivity contribution in [3.05, 3.63) is 0 Å². The molecule has 0 saturated carbocycles. The van der Waals surface area contributed by atoms with E-state index in [-0.39, 0.29) is 12.5 Å². The first-order chi connectivity index (χ1) is 6.22. The molecule has 1 amide bonds. The number of rotatable bonds is 7. The fourth-order valence-corrected chi connectivity index (χ4v) is 1.17. The van der Waals surface area contributed by atoms with Gasteiger partial charge in [0.2, 0.25) is 5.91 Å². The number of amides is 1. The van der Waals surface area contributed by atoms with Crippen molar-refractivity contribution in [3.63, 3.8) is 0 Å². The Morgan fingerprint density at radius 3 is 2.54 bits per heavy atom. The first kappa shape index (κ1) is 12.4. The van der Waals surface area contributed by atoms with Crippen LogP contribution in [-0.4, -0.2) is 36.1 Å². The maximum Gasteiger partial charge on any atom is 0.222 e. The summed E-state index contributed by atoms with van der Waals surface area (Å²) in [4.78, 5) is 12.9. The number of hydrogen-bond acceptors (Lipinski definition) is 2. The molecule has 0 aromatic rings. The van der Waals surface area contributed by atoms with Crippen molar-refractivity contribution in [2.75, 3.05) is 20.2 Å². The highest BCUT2D eigenvalue weighted by Crippen LogP contribution is 2.03. The Labute approximate surface area is 80.7 Å². The second-order valence-electron chi connectivity index (χ2n) is 3.35. The van der Waals surface area contributed by atoms with Gasteiger partial charge in [-0.3, -0.25) is 4.79 Å². The van der Waals surface area contributed by atoms with Crippen LogP contribution in [-0.2, 0) is 4.79 Å². The Bertz CT molecular complexity index is 137. The largest absolute Gasteiger partial charge is 0.395 e. The van der Waals surface area contributed by atoms with E-state index in [1.807, 2.05) is 0 Å². The standard InChI is InChI=1S/C10H21NO2/c1-3-4-5-6-7-10(13)11(2)8-9-12/h12H,3-9H2,1-2H3. The van der Waals surface area contributed by atoms with Gasteiger partial charge in [-0.1, -0.05) is 26.2 Å². The lowest BCUT2D eigenvalue weighted by molar-refractivity contribution is -0.130. The first-order valence-corrected chi connectivity index (χ1v) is 5.07. The van der Waals surface area contributed by atoms with Crippen LogP contribution in [0.3, 0.4) is 0 Å². The second-order valence-corrected chi connectivity index (χ2v) is 3.35. The monoisotopic (exact) mass is 187 g/mol. The van der Waals surface area contributed by atoms with E-state index in [1.54, 1.807) is 11.9 Å². The third kappa shape index (κ3) is 6.58. The maximum absolute atomic E-state index is 11.3. The first-order valence-electron chi connectivity index (χ1n) is 5.07. The van der Waals surface area contributed by atoms with Gasteiger partial charge >= 0.3 is 0 Å². The lowest BCUT2D eigenvalue weighted by Crippen LogP contribution is -2.29. The molecule has 13 heavy (non-hydrogen) atoms. The van der Waals surface area contributed by atoms with E-state index in [0.717, 1.165) is 12.8 Å². The Hall–Kier alpha value is -0.570. The molecule has 0 aromatic heterocycles. The number of unbranched alkanes of at least 4 members (excludes halogenated alkanes) is 3. The lowest BCUT2D eigenvalue weighted by Gasteiger charge is -2.15. The minimum Gasteiger partial charge on any atom is -0.395 e. The summed E-state index contributed by atoms with van der Waals surface area (Å²) in [6, 6.07) is 0. The summed E-state index contributed by atoms with van der Waals surface area (Å²) in [5.74, 6) is 0.144. The van der Waals surface area contributed by atoms with Crippen molar-refractivity contribution in [2.45, 2.75) is 39.0 Å². The topological polar surface area (TPSA) is 40.5 Å². The maximum atomic E-state index is 11.3. The van der Waals surface area contributed by atoms with Gasteiger partial charge in [0.05, 0.1) is 6.61 Å². The SMILES string of the molecule is CCCCCCC(=O)N(C)CCO. The molecule has 0 aliphatic rings. The van der Waals surface area contributed by atoms with Crippen LogP contribution in [0.5, 0.6) is 0 Å². The van der Waals surface area contributed by atoms with Crippen LogP contribution in [0.4, 0.5) is 0 Å². The molecule has 0 aliphatic carbocycles. The fourth-order valence-electron chi connectivity index (χ4n) is 1.17. The predicted octanol–water partition coefficient (Wildman–Crippen LogP) is 1.41. The second kappa shape index (κ2) is 8.05. The molecule has 0 aromatic carbocycles. The summed E-state index contributed by atoms with van der Waals surface area (Å²) in [5.41, 5.74) is 0. The normalized spacial score (nSPS) is 10.1. The van der Waals surface area contributed by atoms with Gasteiger partial charge in [0.25, 0.3) is 0 Å². The highest BCUT2D eigenvalue weighted by atomic mass is 16.3. The van der Waals surface area contributed by atoms with Gasteiger partial charge in [0, 0.05) is 20.0 Å². The van der Waals surface area contributed by atoms with Crippen molar-refractivity contribution in [2.24, 2.45) is 0 Å². The number of likely N-dealkylation sites (N-methyl/N-ethyl adjacent to an activating group) is 1. The van der Waals surface area contributed by atoms with Gasteiger partial charge in [-0.05, 0) is 6.42 Å². The molecule has 0 spiro atoms. The van der Waals surface area contributed by atoms with E-state index in [0.29, 0.717) is 13.0 Å². The Balaban J connectivity index is 3.38. The number of aliphatic hydroxyl groups is 1. The quantitative estimate of drug-likeness (QED) is 0.612. The van der Waals surface area contributed by atoms with Gasteiger partial charge in [-0.25, -0.2) is 0 Å². The molecule has 0 saturated heterocycles. The molecule has 3 heteroatoms. The number of aliphatic hydroxyl groups excluding tert-OH is 1. The molecule has 0 aliphatic heterocycles. The van der Waals surface area contributed by atoms with Crippen LogP contribution in [0.1, 0.15) is 39.0 Å². The Morgan fingerprint density at radius 2 is 2.00 bits per heavy atom. The van der Waals surface area contributed by atoms with Crippen molar-refractivity contribution in [1.29, 1.82) is 0 Å². The number of nitrogens with zero attached hydrogens (tertiary/aromatic N) is 1. The van der Waals surface area contributed by atoms with Crippen molar-refractivity contribution in [3.8, 4) is 0 Å². The molecule has 0 rings (SSSR count). The zero-order valence-corrected chi connectivity index (χ0v) is 8.75. The van der Waals surface area contributed by atoms with Gasteiger partial charge in [0.15, 0.2) is 0 Å². The molecule has 78 valence electrons. The zero-order chi connectivity index (χ0) is 10.1. The van der Waals surface area contributed by atoms with Crippen LogP contribution < -0.4 is 0 Å². The van der Waals surface area contributed by atoms with Crippen molar-refractivity contribution >= 4 is 5.91 Å². The summed E-state index contributed by atoms with van der Waals surface area (Å²) in [6.07, 6.45) is 5.13. The summed E-state index contributed by atoms with van der Waals surface area (Å²) < 4.78 is 0. The molecule has 0 atom stereocenters. The van der Waals surface area contributed by atoms with Crippen LogP contribution in [0.2, 0.25) is 0 Å². The van der Waals surface area contributed by atoms with Crippen LogP contribution >= 0.6 is 0 Å². The van der Waals surface area contributed by atoms with Gasteiger partial charge in [-0.15, -0.1) is 0 Å². The minimum atomic E-state index is 0.0528. The van der Waals surface area contributed by atoms with E-state index in [9.17, 15) is 4.79 Å². The predicted molar refractivity (Wildman–Crippen MR) is 53.5 cm³/mol. The Morgan fingerprint density at radius 1 is 1.31 bits per heavy atom. The van der Waals surface area contributed by atoms with Crippen LogP contribution in [0.25, 0.3) is 0 Å². The van der Waals surface area contributed by atoms with Crippen molar-refractivity contribution < 1.29 is 9.90 Å². The van der Waals surface area contributed by atoms with E-state index in [2.05, 4.69) is 6.92 Å². The molecule has 3 nitrogen and oxygen atoms in total. The van der Waals surface area contributed by atoms with Gasteiger partial charge in [0.1, 0.15) is 0 Å². The molecule has 1 N–H and O–H groups in total. The molecular formula is C10H21NO2. The number of carbonyl (C=O) groups is 1. The molecule has 0 heterocycles. The molecule has 0 fully saturated rings. The summed E-state index contributed by atoms with van der Waals surface area (Å²) in [5, 5.41) is 8.60. The smallest absolute Gasteiger partial charge is 0.222 e. The van der Waals surface area contributed by atoms with E-state index >= 15 is 0 Å². The summed E-state index contributed by atoms with van der Waals surface area (Å²) >= 11 is 0. The fraction of sp³-hybridized carbons (Fsp3) is 0.900. The number of hydrogen-bond donors (Lipinski definition) is 1. The summed E-state index contributed by atoms with van der Waals surface area (Å²) in [7, 11) is 1.73. The zero-order valence-electron chi connectivity index (χ0n) is 8.75. The van der Waals surface area contributed by atoms with Gasteiger partial charge < -0.3 is 10.0 Å². The Kier molecular flexibility index (Phi) is 7.69. The number of carbonyl (C=O) groups excluding carboxylic acids is 1. The molecular weight excluding hydrogens is 166 g/mol. The summed E-state index contributed by atoms with van der Waals surface area (Å²) in [6.45, 7) is 2.66. The van der Waals surface area contributed by atoms with Gasteiger partial charge in [-0.2, -0.15) is 0 Å². The van der Waals surface area contributed by atoms with E-state index < -0.39 is 0 Å². The highest BCUT2D eigenvalue weighted by molar-refractivity contribution is 5.75. The van der Waals surface area contributed by atoms with Crippen LogP contribution in [0, 0.1) is 0 Å². The average Bonchev–Trinajstić information content (AvgIpc) is 2.12. The van der Waals surface area contributed by atoms with Crippen molar-refractivity contribution in [1.82, 2.24) is 4.90 Å². The third-order valence-corrected chi connectivity index (χ3v) is 2.11. The van der Waals surface area contributed by atoms with E-state index in [1.165, 1.54) is 12.8 Å². The molecule has 0 radical (unpaired) electrons. The third-order valence-electron chi connectivity index (χ3n) is 2.11. The molecule has 0 unspecified atom stereocenters. The van der Waals surface area contributed by atoms with E-state index in [4.69, 9.17) is 5.11 Å².